The van der Waals surface area contributed by atoms with E-state index in [1.165, 1.54) is 0 Å². The Morgan fingerprint density at radius 1 is 1.07 bits per heavy atom. The van der Waals surface area contributed by atoms with E-state index in [1.54, 1.807) is 23.1 Å². The first-order chi connectivity index (χ1) is 14.5. The number of rotatable bonds is 8. The fourth-order valence-corrected chi connectivity index (χ4v) is 4.30. The van der Waals surface area contributed by atoms with Crippen molar-refractivity contribution in [3.8, 4) is 0 Å². The Labute approximate surface area is 188 Å². The molecule has 1 N–H and O–H groups in total. The van der Waals surface area contributed by atoms with Gasteiger partial charge in [0.25, 0.3) is 0 Å². The summed E-state index contributed by atoms with van der Waals surface area (Å²) in [5.74, 6) is -0.188. The van der Waals surface area contributed by atoms with Gasteiger partial charge in [0.1, 0.15) is 6.04 Å². The average Bonchev–Trinajstić information content (AvgIpc) is 3.24. The van der Waals surface area contributed by atoms with Crippen LogP contribution >= 0.6 is 23.2 Å². The topological polar surface area (TPSA) is 49.4 Å². The molecule has 2 amide bonds. The van der Waals surface area contributed by atoms with E-state index in [2.05, 4.69) is 5.32 Å². The highest BCUT2D eigenvalue weighted by molar-refractivity contribution is 6.31. The van der Waals surface area contributed by atoms with Gasteiger partial charge in [-0.2, -0.15) is 0 Å². The second-order valence-electron chi connectivity index (χ2n) is 7.83. The maximum absolute atomic E-state index is 13.3. The van der Waals surface area contributed by atoms with Gasteiger partial charge in [0, 0.05) is 22.6 Å². The molecule has 0 radical (unpaired) electrons. The van der Waals surface area contributed by atoms with Crippen LogP contribution in [0.5, 0.6) is 0 Å². The third-order valence-electron chi connectivity index (χ3n) is 5.65. The first-order valence-electron chi connectivity index (χ1n) is 10.6. The van der Waals surface area contributed by atoms with Crippen LogP contribution in [-0.2, 0) is 22.6 Å². The maximum atomic E-state index is 13.3. The molecule has 1 saturated carbocycles. The molecular weight excluding hydrogens is 419 g/mol. The van der Waals surface area contributed by atoms with E-state index in [4.69, 9.17) is 23.2 Å². The van der Waals surface area contributed by atoms with Crippen molar-refractivity contribution in [3.63, 3.8) is 0 Å². The van der Waals surface area contributed by atoms with Gasteiger partial charge in [-0.1, -0.05) is 73.3 Å². The average molecular weight is 447 g/mol. The van der Waals surface area contributed by atoms with Crippen molar-refractivity contribution < 1.29 is 9.59 Å². The van der Waals surface area contributed by atoms with Gasteiger partial charge >= 0.3 is 0 Å². The van der Waals surface area contributed by atoms with Gasteiger partial charge in [0.2, 0.25) is 11.8 Å². The summed E-state index contributed by atoms with van der Waals surface area (Å²) in [6, 6.07) is 14.3. The van der Waals surface area contributed by atoms with Crippen LogP contribution < -0.4 is 5.32 Å². The van der Waals surface area contributed by atoms with E-state index in [9.17, 15) is 9.59 Å². The van der Waals surface area contributed by atoms with E-state index in [1.807, 2.05) is 37.3 Å². The summed E-state index contributed by atoms with van der Waals surface area (Å²) in [5, 5.41) is 4.37. The van der Waals surface area contributed by atoms with Gasteiger partial charge in [0.15, 0.2) is 0 Å². The molecule has 4 nitrogen and oxygen atoms in total. The number of carbonyl (C=O) groups is 2. The predicted octanol–water partition coefficient (Wildman–Crippen LogP) is 5.40. The number of amides is 2. The van der Waals surface area contributed by atoms with Crippen LogP contribution in [0.3, 0.4) is 0 Å². The van der Waals surface area contributed by atoms with Gasteiger partial charge in [-0.3, -0.25) is 9.59 Å². The van der Waals surface area contributed by atoms with Crippen molar-refractivity contribution >= 4 is 35.0 Å². The third kappa shape index (κ3) is 5.99. The zero-order valence-corrected chi connectivity index (χ0v) is 18.8. The van der Waals surface area contributed by atoms with Crippen LogP contribution in [0.25, 0.3) is 0 Å². The second-order valence-corrected chi connectivity index (χ2v) is 8.67. The molecule has 6 heteroatoms. The molecule has 0 aromatic heterocycles. The summed E-state index contributed by atoms with van der Waals surface area (Å²) in [7, 11) is 0. The molecule has 1 fully saturated rings. The third-order valence-corrected chi connectivity index (χ3v) is 6.28. The lowest BCUT2D eigenvalue weighted by Gasteiger charge is -2.32. The number of halogens is 2. The van der Waals surface area contributed by atoms with Crippen molar-refractivity contribution in [2.75, 3.05) is 0 Å². The molecule has 1 atom stereocenters. The molecule has 0 heterocycles. The second kappa shape index (κ2) is 10.8. The molecule has 1 aliphatic carbocycles. The highest BCUT2D eigenvalue weighted by atomic mass is 35.5. The molecule has 0 aliphatic heterocycles. The lowest BCUT2D eigenvalue weighted by atomic mass is 10.1. The molecule has 1 aliphatic rings. The monoisotopic (exact) mass is 446 g/mol. The Balaban J connectivity index is 1.82. The van der Waals surface area contributed by atoms with Gasteiger partial charge in [-0.15, -0.1) is 0 Å². The van der Waals surface area contributed by atoms with Crippen LogP contribution in [0.2, 0.25) is 10.0 Å². The van der Waals surface area contributed by atoms with Gasteiger partial charge < -0.3 is 10.2 Å². The maximum Gasteiger partial charge on any atom is 0.243 e. The Morgan fingerprint density at radius 3 is 2.37 bits per heavy atom. The van der Waals surface area contributed by atoms with Gasteiger partial charge in [0.05, 0.1) is 6.42 Å². The smallest absolute Gasteiger partial charge is 0.243 e. The number of hydrogen-bond donors (Lipinski definition) is 1. The minimum atomic E-state index is -0.540. The van der Waals surface area contributed by atoms with Crippen molar-refractivity contribution in [1.82, 2.24) is 10.2 Å². The summed E-state index contributed by atoms with van der Waals surface area (Å²) < 4.78 is 0. The Bertz CT molecular complexity index is 864. The summed E-state index contributed by atoms with van der Waals surface area (Å²) in [4.78, 5) is 28.1. The molecular formula is C24H28Cl2N2O2. The minimum Gasteiger partial charge on any atom is -0.352 e. The van der Waals surface area contributed by atoms with E-state index < -0.39 is 6.04 Å². The molecule has 30 heavy (non-hydrogen) atoms. The van der Waals surface area contributed by atoms with E-state index in [0.29, 0.717) is 23.0 Å². The highest BCUT2D eigenvalue weighted by Gasteiger charge is 2.30. The van der Waals surface area contributed by atoms with Crippen LogP contribution in [0.4, 0.5) is 0 Å². The van der Waals surface area contributed by atoms with Gasteiger partial charge in [-0.25, -0.2) is 0 Å². The molecule has 0 saturated heterocycles. The standard InChI is InChI=1S/C24H28Cl2N2O2/c1-2-22(24(30)27-20-8-4-5-9-20)28(16-18-7-3-6-10-21(18)26)23(29)15-17-11-13-19(25)14-12-17/h3,6-7,10-14,20,22H,2,4-5,8-9,15-16H2,1H3,(H,27,30). The first kappa shape index (κ1) is 22.6. The van der Waals surface area contributed by atoms with Crippen LogP contribution in [-0.4, -0.2) is 28.8 Å². The van der Waals surface area contributed by atoms with Gasteiger partial charge in [-0.05, 0) is 48.6 Å². The zero-order valence-electron chi connectivity index (χ0n) is 17.2. The van der Waals surface area contributed by atoms with Crippen LogP contribution in [0.15, 0.2) is 48.5 Å². The molecule has 2 aromatic rings. The molecule has 1 unspecified atom stereocenters. The largest absolute Gasteiger partial charge is 0.352 e. The Hall–Kier alpha value is -2.04. The molecule has 3 rings (SSSR count). The summed E-state index contributed by atoms with van der Waals surface area (Å²) in [5.41, 5.74) is 1.69. The van der Waals surface area contributed by atoms with E-state index in [0.717, 1.165) is 36.8 Å². The van der Waals surface area contributed by atoms with Crippen molar-refractivity contribution in [2.45, 2.75) is 64.1 Å². The fraction of sp³-hybridized carbons (Fsp3) is 0.417. The fourth-order valence-electron chi connectivity index (χ4n) is 3.98. The first-order valence-corrected chi connectivity index (χ1v) is 11.3. The van der Waals surface area contributed by atoms with Crippen LogP contribution in [0.1, 0.15) is 50.2 Å². The number of hydrogen-bond acceptors (Lipinski definition) is 2. The quantitative estimate of drug-likeness (QED) is 0.589. The lowest BCUT2D eigenvalue weighted by molar-refractivity contribution is -0.141. The van der Waals surface area contributed by atoms with E-state index >= 15 is 0 Å². The predicted molar refractivity (Wildman–Crippen MR) is 122 cm³/mol. The zero-order chi connectivity index (χ0) is 21.5. The highest BCUT2D eigenvalue weighted by Crippen LogP contribution is 2.22. The number of benzene rings is 2. The molecule has 2 aromatic carbocycles. The Kier molecular flexibility index (Phi) is 8.17. The summed E-state index contributed by atoms with van der Waals surface area (Å²) in [6.45, 7) is 2.23. The minimum absolute atomic E-state index is 0.0825. The van der Waals surface area contributed by atoms with Crippen LogP contribution in [0, 0.1) is 0 Å². The van der Waals surface area contributed by atoms with Crippen molar-refractivity contribution in [3.05, 3.63) is 69.7 Å². The Morgan fingerprint density at radius 2 is 1.73 bits per heavy atom. The number of nitrogens with zero attached hydrogens (tertiary/aromatic N) is 1. The SMILES string of the molecule is CCC(C(=O)NC1CCCC1)N(Cc1ccccc1Cl)C(=O)Cc1ccc(Cl)cc1. The normalized spacial score (nSPS) is 15.0. The summed E-state index contributed by atoms with van der Waals surface area (Å²) >= 11 is 12.3. The number of carbonyl (C=O) groups excluding carboxylic acids is 2. The van der Waals surface area contributed by atoms with Crippen molar-refractivity contribution in [1.29, 1.82) is 0 Å². The van der Waals surface area contributed by atoms with E-state index in [-0.39, 0.29) is 24.3 Å². The lowest BCUT2D eigenvalue weighted by Crippen LogP contribution is -2.51. The molecule has 160 valence electrons. The molecule has 0 bridgehead atoms. The molecule has 0 spiro atoms. The number of nitrogens with one attached hydrogen (secondary N) is 1. The van der Waals surface area contributed by atoms with Crippen molar-refractivity contribution in [2.24, 2.45) is 0 Å². The summed E-state index contributed by atoms with van der Waals surface area (Å²) in [6.07, 6.45) is 5.03.